The number of nitrogens with zero attached hydrogens (tertiary/aromatic N) is 1. The maximum atomic E-state index is 12.6. The first kappa shape index (κ1) is 23.9. The van der Waals surface area contributed by atoms with Crippen molar-refractivity contribution in [2.24, 2.45) is 11.1 Å². The number of ether oxygens (including phenoxy) is 2. The third-order valence-corrected chi connectivity index (χ3v) is 5.46. The van der Waals surface area contributed by atoms with Crippen molar-refractivity contribution in [1.82, 2.24) is 10.2 Å². The molecule has 0 bridgehead atoms. The fourth-order valence-corrected chi connectivity index (χ4v) is 3.37. The lowest BCUT2D eigenvalue weighted by molar-refractivity contribution is -0.170. The van der Waals surface area contributed by atoms with E-state index in [1.807, 2.05) is 20.8 Å². The van der Waals surface area contributed by atoms with Crippen molar-refractivity contribution in [3.8, 4) is 0 Å². The summed E-state index contributed by atoms with van der Waals surface area (Å²) in [5.41, 5.74) is 5.21. The van der Waals surface area contributed by atoms with Gasteiger partial charge in [-0.25, -0.2) is 0 Å². The topological polar surface area (TPSA) is 76.8 Å². The van der Waals surface area contributed by atoms with Gasteiger partial charge in [0.25, 0.3) is 0 Å². The van der Waals surface area contributed by atoms with Gasteiger partial charge in [-0.3, -0.25) is 9.69 Å². The highest BCUT2D eigenvalue weighted by Gasteiger charge is 2.62. The molecular weight excluding hydrogens is 353 g/mol. The molecule has 3 N–H and O–H groups in total. The molecule has 3 unspecified atom stereocenters. The average molecular weight is 386 g/mol. The quantitative estimate of drug-likeness (QED) is 0.718. The normalized spacial score (nSPS) is 30.3. The van der Waals surface area contributed by atoms with E-state index in [4.69, 9.17) is 15.2 Å². The number of rotatable bonds is 6. The molecule has 2 fully saturated rings. The van der Waals surface area contributed by atoms with Crippen LogP contribution < -0.4 is 11.1 Å². The summed E-state index contributed by atoms with van der Waals surface area (Å²) in [6.07, 6.45) is 0.649. The van der Waals surface area contributed by atoms with Gasteiger partial charge in [0.15, 0.2) is 0 Å². The number of hydrogen-bond donors (Lipinski definition) is 2. The van der Waals surface area contributed by atoms with Gasteiger partial charge in [-0.2, -0.15) is 0 Å². The molecule has 0 aromatic heterocycles. The summed E-state index contributed by atoms with van der Waals surface area (Å²) in [6.45, 7) is 12.8. The summed E-state index contributed by atoms with van der Waals surface area (Å²) in [5, 5.41) is 3.04. The number of halogens is 2. The van der Waals surface area contributed by atoms with Crippen LogP contribution in [-0.4, -0.2) is 67.9 Å². The van der Waals surface area contributed by atoms with E-state index in [0.29, 0.717) is 25.6 Å². The number of morpholine rings is 1. The zero-order valence-corrected chi connectivity index (χ0v) is 16.8. The Morgan fingerprint density at radius 3 is 2.46 bits per heavy atom. The SMILES string of the molecule is CCOC1CC(N)(C(=O)NCC(C)N2CCOCC2)C1(C)C.Cl.Cl. The molecular formula is C16H33Cl2N3O3. The minimum Gasteiger partial charge on any atom is -0.379 e. The van der Waals surface area contributed by atoms with Crippen LogP contribution in [0.15, 0.2) is 0 Å². The van der Waals surface area contributed by atoms with Gasteiger partial charge in [0, 0.05) is 44.1 Å². The van der Waals surface area contributed by atoms with E-state index in [1.165, 1.54) is 0 Å². The van der Waals surface area contributed by atoms with Gasteiger partial charge in [-0.05, 0) is 13.8 Å². The minimum absolute atomic E-state index is 0. The fraction of sp³-hybridized carbons (Fsp3) is 0.938. The highest BCUT2D eigenvalue weighted by Crippen LogP contribution is 2.49. The summed E-state index contributed by atoms with van der Waals surface area (Å²) >= 11 is 0. The fourth-order valence-electron chi connectivity index (χ4n) is 3.37. The zero-order chi connectivity index (χ0) is 16.4. The van der Waals surface area contributed by atoms with Crippen molar-refractivity contribution in [1.29, 1.82) is 0 Å². The Balaban J connectivity index is 0.00000264. The number of carbonyl (C=O) groups excluding carboxylic acids is 1. The number of nitrogens with two attached hydrogens (primary N) is 1. The predicted molar refractivity (Wildman–Crippen MR) is 100 cm³/mol. The molecule has 144 valence electrons. The second-order valence-corrected chi connectivity index (χ2v) is 7.05. The van der Waals surface area contributed by atoms with Gasteiger partial charge in [0.05, 0.1) is 19.3 Å². The number of hydrogen-bond acceptors (Lipinski definition) is 5. The summed E-state index contributed by atoms with van der Waals surface area (Å²) in [7, 11) is 0. The first-order valence-electron chi connectivity index (χ1n) is 8.33. The first-order chi connectivity index (χ1) is 10.3. The molecule has 2 rings (SSSR count). The molecule has 6 nitrogen and oxygen atoms in total. The van der Waals surface area contributed by atoms with Crippen LogP contribution in [0.4, 0.5) is 0 Å². The van der Waals surface area contributed by atoms with Gasteiger partial charge in [-0.1, -0.05) is 13.8 Å². The van der Waals surface area contributed by atoms with E-state index >= 15 is 0 Å². The third-order valence-electron chi connectivity index (χ3n) is 5.46. The van der Waals surface area contributed by atoms with Gasteiger partial charge < -0.3 is 20.5 Å². The van der Waals surface area contributed by atoms with Crippen molar-refractivity contribution in [2.45, 2.75) is 51.8 Å². The van der Waals surface area contributed by atoms with Crippen molar-refractivity contribution in [3.05, 3.63) is 0 Å². The van der Waals surface area contributed by atoms with Crippen LogP contribution in [0.3, 0.4) is 0 Å². The van der Waals surface area contributed by atoms with E-state index in [9.17, 15) is 4.79 Å². The number of nitrogens with one attached hydrogen (secondary N) is 1. The van der Waals surface area contributed by atoms with E-state index < -0.39 is 5.54 Å². The summed E-state index contributed by atoms with van der Waals surface area (Å²) in [5.74, 6) is -0.0615. The second-order valence-electron chi connectivity index (χ2n) is 7.05. The van der Waals surface area contributed by atoms with E-state index in [0.717, 1.165) is 26.3 Å². The Morgan fingerprint density at radius 2 is 1.96 bits per heavy atom. The molecule has 0 aromatic carbocycles. The molecule has 0 aromatic rings. The van der Waals surface area contributed by atoms with Crippen LogP contribution in [-0.2, 0) is 14.3 Å². The summed E-state index contributed by atoms with van der Waals surface area (Å²) in [6, 6.07) is 0.294. The Hall–Kier alpha value is -0.110. The lowest BCUT2D eigenvalue weighted by Crippen LogP contribution is -2.76. The van der Waals surface area contributed by atoms with Crippen LogP contribution in [0.1, 0.15) is 34.1 Å². The Bertz CT molecular complexity index is 406. The van der Waals surface area contributed by atoms with E-state index in [1.54, 1.807) is 0 Å². The molecule has 1 amide bonds. The zero-order valence-electron chi connectivity index (χ0n) is 15.2. The smallest absolute Gasteiger partial charge is 0.240 e. The van der Waals surface area contributed by atoms with E-state index in [-0.39, 0.29) is 42.2 Å². The number of carbonyl (C=O) groups is 1. The third kappa shape index (κ3) is 4.54. The van der Waals surface area contributed by atoms with Crippen molar-refractivity contribution in [2.75, 3.05) is 39.5 Å². The van der Waals surface area contributed by atoms with Crippen LogP contribution in [0, 0.1) is 5.41 Å². The van der Waals surface area contributed by atoms with Crippen LogP contribution >= 0.6 is 24.8 Å². The molecule has 0 radical (unpaired) electrons. The largest absolute Gasteiger partial charge is 0.379 e. The Kier molecular flexibility index (Phi) is 9.51. The lowest BCUT2D eigenvalue weighted by Gasteiger charge is -2.57. The van der Waals surface area contributed by atoms with Gasteiger partial charge in [0.1, 0.15) is 5.54 Å². The molecule has 1 heterocycles. The summed E-state index contributed by atoms with van der Waals surface area (Å²) < 4.78 is 11.0. The van der Waals surface area contributed by atoms with Gasteiger partial charge in [0.2, 0.25) is 5.91 Å². The molecule has 8 heteroatoms. The molecule has 3 atom stereocenters. The van der Waals surface area contributed by atoms with Crippen molar-refractivity contribution in [3.63, 3.8) is 0 Å². The van der Waals surface area contributed by atoms with Crippen molar-refractivity contribution < 1.29 is 14.3 Å². The van der Waals surface area contributed by atoms with Gasteiger partial charge in [-0.15, -0.1) is 24.8 Å². The standard InChI is InChI=1S/C16H31N3O3.2ClH/c1-5-22-13-10-16(17,15(13,3)4)14(20)18-11-12(2)19-6-8-21-9-7-19;;/h12-13H,5-11,17H2,1-4H3,(H,18,20);2*1H. The molecule has 1 aliphatic carbocycles. The van der Waals surface area contributed by atoms with E-state index in [2.05, 4.69) is 17.1 Å². The maximum Gasteiger partial charge on any atom is 0.240 e. The average Bonchev–Trinajstić information content (AvgIpc) is 2.52. The molecule has 1 aliphatic heterocycles. The Labute approximate surface area is 158 Å². The molecule has 1 saturated carbocycles. The predicted octanol–water partition coefficient (Wildman–Crippen LogP) is 1.20. The molecule has 1 saturated heterocycles. The summed E-state index contributed by atoms with van der Waals surface area (Å²) in [4.78, 5) is 14.9. The van der Waals surface area contributed by atoms with Crippen LogP contribution in [0.25, 0.3) is 0 Å². The molecule has 2 aliphatic rings. The minimum atomic E-state index is -0.836. The lowest BCUT2D eigenvalue weighted by atomic mass is 9.54. The van der Waals surface area contributed by atoms with Crippen LogP contribution in [0.2, 0.25) is 0 Å². The highest BCUT2D eigenvalue weighted by molar-refractivity contribution is 5.88. The Morgan fingerprint density at radius 1 is 1.38 bits per heavy atom. The van der Waals surface area contributed by atoms with Gasteiger partial charge >= 0.3 is 0 Å². The van der Waals surface area contributed by atoms with Crippen molar-refractivity contribution >= 4 is 30.7 Å². The first-order valence-corrected chi connectivity index (χ1v) is 8.33. The highest BCUT2D eigenvalue weighted by atomic mass is 35.5. The maximum absolute atomic E-state index is 12.6. The second kappa shape index (κ2) is 9.55. The number of amides is 1. The molecule has 0 spiro atoms. The molecule has 24 heavy (non-hydrogen) atoms. The van der Waals surface area contributed by atoms with Crippen LogP contribution in [0.5, 0.6) is 0 Å². The monoisotopic (exact) mass is 385 g/mol.